The summed E-state index contributed by atoms with van der Waals surface area (Å²) in [4.78, 5) is 29.0. The Morgan fingerprint density at radius 1 is 1.39 bits per heavy atom. The summed E-state index contributed by atoms with van der Waals surface area (Å²) in [6.45, 7) is 5.18. The minimum Gasteiger partial charge on any atom is -0.339 e. The number of benzene rings is 1. The van der Waals surface area contributed by atoms with Crippen molar-refractivity contribution >= 4 is 34.1 Å². The van der Waals surface area contributed by atoms with Gasteiger partial charge < -0.3 is 4.90 Å². The molecule has 6 nitrogen and oxygen atoms in total. The monoisotopic (exact) mass is 335 g/mol. The van der Waals surface area contributed by atoms with Crippen LogP contribution in [0.2, 0.25) is 5.02 Å². The highest BCUT2D eigenvalue weighted by Gasteiger charge is 2.22. The van der Waals surface area contributed by atoms with E-state index in [-0.39, 0.29) is 27.7 Å². The lowest BCUT2D eigenvalue weighted by Crippen LogP contribution is -2.32. The number of amides is 1. The number of fused-ring (bicyclic) bond motifs is 1. The van der Waals surface area contributed by atoms with Crippen LogP contribution in [0.4, 0.5) is 5.69 Å². The first-order valence-corrected chi connectivity index (χ1v) is 7.89. The van der Waals surface area contributed by atoms with E-state index in [1.807, 2.05) is 6.92 Å². The van der Waals surface area contributed by atoms with Gasteiger partial charge in [0.2, 0.25) is 0 Å². The Balaban J connectivity index is 2.49. The fourth-order valence-corrected chi connectivity index (χ4v) is 2.68. The standard InChI is InChI=1S/C16H18ClN3O3/c1-3-5-9-19(4-2)16(21)12-10-18-15-11(14(12)17)7-6-8-13(15)20(22)23/h6-8,10H,3-5,9H2,1-2H3. The highest BCUT2D eigenvalue weighted by Crippen LogP contribution is 2.31. The molecule has 1 amide bonds. The highest BCUT2D eigenvalue weighted by molar-refractivity contribution is 6.38. The predicted molar refractivity (Wildman–Crippen MR) is 89.9 cm³/mol. The number of hydrogen-bond donors (Lipinski definition) is 0. The smallest absolute Gasteiger partial charge is 0.295 e. The summed E-state index contributed by atoms with van der Waals surface area (Å²) >= 11 is 6.34. The van der Waals surface area contributed by atoms with Crippen LogP contribution in [0.5, 0.6) is 0 Å². The number of hydrogen-bond acceptors (Lipinski definition) is 4. The number of nitro benzene ring substituents is 1. The van der Waals surface area contributed by atoms with Gasteiger partial charge >= 0.3 is 0 Å². The van der Waals surface area contributed by atoms with E-state index in [4.69, 9.17) is 11.6 Å². The van der Waals surface area contributed by atoms with Gasteiger partial charge in [-0.25, -0.2) is 4.98 Å². The maximum Gasteiger partial charge on any atom is 0.295 e. The summed E-state index contributed by atoms with van der Waals surface area (Å²) in [6.07, 6.45) is 3.22. The topological polar surface area (TPSA) is 76.3 Å². The van der Waals surface area contributed by atoms with Crippen molar-refractivity contribution in [2.75, 3.05) is 13.1 Å². The number of nitrogens with zero attached hydrogens (tertiary/aromatic N) is 3. The van der Waals surface area contributed by atoms with Crippen LogP contribution in [0.3, 0.4) is 0 Å². The first kappa shape index (κ1) is 17.1. The van der Waals surface area contributed by atoms with E-state index in [1.165, 1.54) is 18.3 Å². The predicted octanol–water partition coefficient (Wildman–Crippen LogP) is 4.06. The van der Waals surface area contributed by atoms with Crippen LogP contribution >= 0.6 is 11.6 Å². The molecule has 1 aromatic carbocycles. The van der Waals surface area contributed by atoms with E-state index in [9.17, 15) is 14.9 Å². The fourth-order valence-electron chi connectivity index (χ4n) is 2.39. The second-order valence-electron chi connectivity index (χ2n) is 5.15. The average molecular weight is 336 g/mol. The maximum absolute atomic E-state index is 12.6. The van der Waals surface area contributed by atoms with Gasteiger partial charge in [0.15, 0.2) is 0 Å². The van der Waals surface area contributed by atoms with E-state index >= 15 is 0 Å². The largest absolute Gasteiger partial charge is 0.339 e. The van der Waals surface area contributed by atoms with Crippen molar-refractivity contribution in [1.29, 1.82) is 0 Å². The van der Waals surface area contributed by atoms with E-state index in [0.717, 1.165) is 12.8 Å². The zero-order valence-corrected chi connectivity index (χ0v) is 13.8. The molecular weight excluding hydrogens is 318 g/mol. The Bertz CT molecular complexity index is 749. The third kappa shape index (κ3) is 3.42. The van der Waals surface area contributed by atoms with Gasteiger partial charge in [0, 0.05) is 30.7 Å². The molecule has 122 valence electrons. The number of carbonyl (C=O) groups is 1. The second kappa shape index (κ2) is 7.37. The van der Waals surface area contributed by atoms with Crippen molar-refractivity contribution in [2.24, 2.45) is 0 Å². The minimum absolute atomic E-state index is 0.123. The van der Waals surface area contributed by atoms with E-state index in [2.05, 4.69) is 11.9 Å². The van der Waals surface area contributed by atoms with Gasteiger partial charge in [0.1, 0.15) is 5.52 Å². The van der Waals surface area contributed by atoms with Gasteiger partial charge in [0.05, 0.1) is 15.5 Å². The zero-order chi connectivity index (χ0) is 17.0. The molecule has 0 aliphatic carbocycles. The van der Waals surface area contributed by atoms with Gasteiger partial charge in [-0.1, -0.05) is 37.1 Å². The molecule has 7 heteroatoms. The van der Waals surface area contributed by atoms with Crippen LogP contribution in [0.15, 0.2) is 24.4 Å². The zero-order valence-electron chi connectivity index (χ0n) is 13.1. The second-order valence-corrected chi connectivity index (χ2v) is 5.53. The van der Waals surface area contributed by atoms with Crippen LogP contribution in [0.1, 0.15) is 37.0 Å². The number of unbranched alkanes of at least 4 members (excludes halogenated alkanes) is 1. The summed E-state index contributed by atoms with van der Waals surface area (Å²) in [5.41, 5.74) is 0.343. The molecule has 2 rings (SSSR count). The van der Waals surface area contributed by atoms with Crippen LogP contribution < -0.4 is 0 Å². The molecule has 0 N–H and O–H groups in total. The molecule has 2 aromatic rings. The Kier molecular flexibility index (Phi) is 5.50. The lowest BCUT2D eigenvalue weighted by molar-refractivity contribution is -0.383. The SMILES string of the molecule is CCCCN(CC)C(=O)c1cnc2c([N+](=O)[O-])cccc2c1Cl. The number of non-ortho nitro benzene ring substituents is 1. The lowest BCUT2D eigenvalue weighted by Gasteiger charge is -2.21. The fraction of sp³-hybridized carbons (Fsp3) is 0.375. The normalized spacial score (nSPS) is 10.7. The Morgan fingerprint density at radius 3 is 2.74 bits per heavy atom. The Labute approximate surface area is 139 Å². The number of rotatable bonds is 6. The summed E-state index contributed by atoms with van der Waals surface area (Å²) in [7, 11) is 0. The molecule has 1 heterocycles. The highest BCUT2D eigenvalue weighted by atomic mass is 35.5. The van der Waals surface area contributed by atoms with Crippen molar-refractivity contribution in [3.8, 4) is 0 Å². The van der Waals surface area contributed by atoms with Crippen molar-refractivity contribution < 1.29 is 9.72 Å². The lowest BCUT2D eigenvalue weighted by atomic mass is 10.1. The summed E-state index contributed by atoms with van der Waals surface area (Å²) in [6, 6.07) is 4.54. The van der Waals surface area contributed by atoms with Crippen molar-refractivity contribution in [3.05, 3.63) is 45.1 Å². The molecule has 0 radical (unpaired) electrons. The molecule has 0 bridgehead atoms. The van der Waals surface area contributed by atoms with Gasteiger partial charge in [-0.3, -0.25) is 14.9 Å². The molecular formula is C16H18ClN3O3. The van der Waals surface area contributed by atoms with E-state index < -0.39 is 4.92 Å². The number of pyridine rings is 1. The Morgan fingerprint density at radius 2 is 2.13 bits per heavy atom. The van der Waals surface area contributed by atoms with Gasteiger partial charge in [-0.15, -0.1) is 0 Å². The average Bonchev–Trinajstić information content (AvgIpc) is 2.55. The number of halogens is 1. The molecule has 23 heavy (non-hydrogen) atoms. The number of para-hydroxylation sites is 1. The molecule has 0 aliphatic heterocycles. The summed E-state index contributed by atoms with van der Waals surface area (Å²) in [5.74, 6) is -0.202. The van der Waals surface area contributed by atoms with Crippen LogP contribution in [-0.4, -0.2) is 33.8 Å². The first-order chi connectivity index (χ1) is 11.0. The summed E-state index contributed by atoms with van der Waals surface area (Å²) < 4.78 is 0. The molecule has 0 unspecified atom stereocenters. The minimum atomic E-state index is -0.507. The third-order valence-corrected chi connectivity index (χ3v) is 4.10. The van der Waals surface area contributed by atoms with Gasteiger partial charge in [-0.2, -0.15) is 0 Å². The Hall–Kier alpha value is -2.21. The number of carbonyl (C=O) groups excluding carboxylic acids is 1. The number of aromatic nitrogens is 1. The molecule has 0 aliphatic rings. The number of nitro groups is 1. The quantitative estimate of drug-likeness (QED) is 0.589. The van der Waals surface area contributed by atoms with Crippen LogP contribution in [0.25, 0.3) is 10.9 Å². The van der Waals surface area contributed by atoms with Crippen molar-refractivity contribution in [1.82, 2.24) is 9.88 Å². The van der Waals surface area contributed by atoms with Crippen molar-refractivity contribution in [2.45, 2.75) is 26.7 Å². The van der Waals surface area contributed by atoms with Crippen LogP contribution in [-0.2, 0) is 0 Å². The molecule has 0 spiro atoms. The molecule has 0 saturated heterocycles. The molecule has 0 fully saturated rings. The van der Waals surface area contributed by atoms with Gasteiger partial charge in [-0.05, 0) is 13.3 Å². The van der Waals surface area contributed by atoms with Gasteiger partial charge in [0.25, 0.3) is 11.6 Å². The van der Waals surface area contributed by atoms with E-state index in [1.54, 1.807) is 11.0 Å². The molecule has 0 atom stereocenters. The summed E-state index contributed by atoms with van der Waals surface area (Å²) in [5, 5.41) is 11.7. The van der Waals surface area contributed by atoms with Crippen LogP contribution in [0, 0.1) is 10.1 Å². The van der Waals surface area contributed by atoms with E-state index in [0.29, 0.717) is 18.5 Å². The van der Waals surface area contributed by atoms with Crippen molar-refractivity contribution in [3.63, 3.8) is 0 Å². The first-order valence-electron chi connectivity index (χ1n) is 7.52. The maximum atomic E-state index is 12.6. The third-order valence-electron chi connectivity index (χ3n) is 3.69. The molecule has 1 aromatic heterocycles. The molecule has 0 saturated carbocycles.